The summed E-state index contributed by atoms with van der Waals surface area (Å²) < 4.78 is 2.14. The zero-order valence-electron chi connectivity index (χ0n) is 12.3. The number of imidazole rings is 1. The van der Waals surface area contributed by atoms with Gasteiger partial charge in [0.05, 0.1) is 0 Å². The fourth-order valence-corrected chi connectivity index (χ4v) is 2.04. The number of nitrogens with zero attached hydrogens (tertiary/aromatic N) is 2. The highest BCUT2D eigenvalue weighted by Gasteiger charge is 2.13. The molecule has 102 valence electrons. The molecular formula is C16H23N3. The summed E-state index contributed by atoms with van der Waals surface area (Å²) in [6.45, 7) is 9.83. The Balaban J connectivity index is 2.13. The van der Waals surface area contributed by atoms with Gasteiger partial charge in [-0.05, 0) is 29.5 Å². The van der Waals surface area contributed by atoms with E-state index < -0.39 is 0 Å². The Bertz CT molecular complexity index is 518. The summed E-state index contributed by atoms with van der Waals surface area (Å²) in [5.41, 5.74) is 2.62. The van der Waals surface area contributed by atoms with Crippen LogP contribution < -0.4 is 5.32 Å². The van der Waals surface area contributed by atoms with E-state index in [0.717, 1.165) is 24.6 Å². The summed E-state index contributed by atoms with van der Waals surface area (Å²) in [7, 11) is 0. The van der Waals surface area contributed by atoms with E-state index in [1.807, 2.05) is 12.4 Å². The molecule has 0 bridgehead atoms. The van der Waals surface area contributed by atoms with E-state index in [2.05, 4.69) is 66.8 Å². The normalized spacial score (nSPS) is 11.6. The Labute approximate surface area is 115 Å². The monoisotopic (exact) mass is 257 g/mol. The van der Waals surface area contributed by atoms with Gasteiger partial charge in [0, 0.05) is 24.6 Å². The summed E-state index contributed by atoms with van der Waals surface area (Å²) in [6, 6.07) is 8.59. The summed E-state index contributed by atoms with van der Waals surface area (Å²) in [5, 5.41) is 3.37. The molecule has 19 heavy (non-hydrogen) atoms. The SMILES string of the molecule is CCCn1ccnc1Nc1ccc(C(C)(C)C)cc1. The molecule has 1 aromatic carbocycles. The minimum atomic E-state index is 0.194. The Morgan fingerprint density at radius 3 is 2.42 bits per heavy atom. The van der Waals surface area contributed by atoms with Gasteiger partial charge in [0.1, 0.15) is 0 Å². The average molecular weight is 257 g/mol. The zero-order chi connectivity index (χ0) is 13.9. The Morgan fingerprint density at radius 1 is 1.16 bits per heavy atom. The van der Waals surface area contributed by atoms with Crippen LogP contribution in [-0.2, 0) is 12.0 Å². The minimum Gasteiger partial charge on any atom is -0.326 e. The fourth-order valence-electron chi connectivity index (χ4n) is 2.04. The van der Waals surface area contributed by atoms with Crippen molar-refractivity contribution in [1.82, 2.24) is 9.55 Å². The molecule has 0 saturated carbocycles. The number of aromatic nitrogens is 2. The standard InChI is InChI=1S/C16H23N3/c1-5-11-19-12-10-17-15(19)18-14-8-6-13(7-9-14)16(2,3)4/h6-10,12H,5,11H2,1-4H3,(H,17,18). The molecular weight excluding hydrogens is 234 g/mol. The van der Waals surface area contributed by atoms with Crippen LogP contribution >= 0.6 is 0 Å². The van der Waals surface area contributed by atoms with Gasteiger partial charge in [0.25, 0.3) is 0 Å². The number of hydrogen-bond acceptors (Lipinski definition) is 2. The molecule has 1 aromatic heterocycles. The smallest absolute Gasteiger partial charge is 0.207 e. The van der Waals surface area contributed by atoms with Crippen LogP contribution in [0.4, 0.5) is 11.6 Å². The second-order valence-corrected chi connectivity index (χ2v) is 5.90. The number of rotatable bonds is 4. The van der Waals surface area contributed by atoms with Crippen LogP contribution in [-0.4, -0.2) is 9.55 Å². The van der Waals surface area contributed by atoms with Crippen LogP contribution in [0, 0.1) is 0 Å². The predicted molar refractivity (Wildman–Crippen MR) is 80.9 cm³/mol. The number of hydrogen-bond donors (Lipinski definition) is 1. The lowest BCUT2D eigenvalue weighted by Gasteiger charge is -2.19. The van der Waals surface area contributed by atoms with Gasteiger partial charge in [0.15, 0.2) is 0 Å². The van der Waals surface area contributed by atoms with Gasteiger partial charge in [-0.15, -0.1) is 0 Å². The molecule has 0 saturated heterocycles. The molecule has 0 fully saturated rings. The van der Waals surface area contributed by atoms with E-state index in [0.29, 0.717) is 0 Å². The van der Waals surface area contributed by atoms with Crippen molar-refractivity contribution in [2.24, 2.45) is 0 Å². The molecule has 0 aliphatic rings. The molecule has 0 radical (unpaired) electrons. The van der Waals surface area contributed by atoms with Crippen molar-refractivity contribution in [3.63, 3.8) is 0 Å². The summed E-state index contributed by atoms with van der Waals surface area (Å²) in [5.74, 6) is 0.908. The van der Waals surface area contributed by atoms with E-state index in [1.165, 1.54) is 5.56 Å². The van der Waals surface area contributed by atoms with Crippen LogP contribution in [0.3, 0.4) is 0 Å². The number of anilines is 2. The first kappa shape index (κ1) is 13.7. The topological polar surface area (TPSA) is 29.9 Å². The molecule has 0 aliphatic carbocycles. The summed E-state index contributed by atoms with van der Waals surface area (Å²) in [4.78, 5) is 4.35. The second-order valence-electron chi connectivity index (χ2n) is 5.90. The quantitative estimate of drug-likeness (QED) is 0.883. The first-order valence-corrected chi connectivity index (χ1v) is 6.89. The van der Waals surface area contributed by atoms with E-state index in [-0.39, 0.29) is 5.41 Å². The molecule has 0 spiro atoms. The molecule has 0 amide bonds. The lowest BCUT2D eigenvalue weighted by Crippen LogP contribution is -2.10. The average Bonchev–Trinajstić information content (AvgIpc) is 2.77. The van der Waals surface area contributed by atoms with Crippen LogP contribution in [0.2, 0.25) is 0 Å². The first-order chi connectivity index (χ1) is 9.00. The van der Waals surface area contributed by atoms with Gasteiger partial charge in [0.2, 0.25) is 5.95 Å². The van der Waals surface area contributed by atoms with Crippen LogP contribution in [0.15, 0.2) is 36.7 Å². The Morgan fingerprint density at radius 2 is 1.84 bits per heavy atom. The third-order valence-corrected chi connectivity index (χ3v) is 3.19. The molecule has 2 aromatic rings. The van der Waals surface area contributed by atoms with Crippen molar-refractivity contribution in [1.29, 1.82) is 0 Å². The van der Waals surface area contributed by atoms with Crippen molar-refractivity contribution in [2.45, 2.75) is 46.1 Å². The molecule has 0 aliphatic heterocycles. The van der Waals surface area contributed by atoms with E-state index in [4.69, 9.17) is 0 Å². The lowest BCUT2D eigenvalue weighted by molar-refractivity contribution is 0.590. The van der Waals surface area contributed by atoms with Gasteiger partial charge in [-0.1, -0.05) is 39.8 Å². The largest absolute Gasteiger partial charge is 0.326 e. The van der Waals surface area contributed by atoms with Crippen molar-refractivity contribution < 1.29 is 0 Å². The summed E-state index contributed by atoms with van der Waals surface area (Å²) in [6.07, 6.45) is 4.95. The molecule has 0 atom stereocenters. The van der Waals surface area contributed by atoms with Crippen molar-refractivity contribution in [3.05, 3.63) is 42.2 Å². The lowest BCUT2D eigenvalue weighted by atomic mass is 9.87. The van der Waals surface area contributed by atoms with Gasteiger partial charge in [-0.25, -0.2) is 4.98 Å². The maximum Gasteiger partial charge on any atom is 0.207 e. The second kappa shape index (κ2) is 5.47. The third kappa shape index (κ3) is 3.37. The fraction of sp³-hybridized carbons (Fsp3) is 0.438. The minimum absolute atomic E-state index is 0.194. The third-order valence-electron chi connectivity index (χ3n) is 3.19. The zero-order valence-corrected chi connectivity index (χ0v) is 12.3. The molecule has 2 rings (SSSR count). The van der Waals surface area contributed by atoms with E-state index in [9.17, 15) is 0 Å². The molecule has 3 heteroatoms. The molecule has 1 N–H and O–H groups in total. The van der Waals surface area contributed by atoms with E-state index >= 15 is 0 Å². The number of nitrogens with one attached hydrogen (secondary N) is 1. The van der Waals surface area contributed by atoms with Crippen molar-refractivity contribution in [2.75, 3.05) is 5.32 Å². The number of benzene rings is 1. The van der Waals surface area contributed by atoms with Crippen LogP contribution in [0.1, 0.15) is 39.7 Å². The van der Waals surface area contributed by atoms with Gasteiger partial charge in [-0.2, -0.15) is 0 Å². The highest BCUT2D eigenvalue weighted by atomic mass is 15.2. The van der Waals surface area contributed by atoms with Crippen molar-refractivity contribution >= 4 is 11.6 Å². The van der Waals surface area contributed by atoms with E-state index in [1.54, 1.807) is 0 Å². The van der Waals surface area contributed by atoms with Crippen LogP contribution in [0.25, 0.3) is 0 Å². The Hall–Kier alpha value is -1.77. The van der Waals surface area contributed by atoms with Crippen molar-refractivity contribution in [3.8, 4) is 0 Å². The maximum absolute atomic E-state index is 4.35. The van der Waals surface area contributed by atoms with Gasteiger partial charge >= 0.3 is 0 Å². The number of aryl methyl sites for hydroxylation is 1. The highest BCUT2D eigenvalue weighted by Crippen LogP contribution is 2.24. The van der Waals surface area contributed by atoms with Crippen LogP contribution in [0.5, 0.6) is 0 Å². The van der Waals surface area contributed by atoms with Gasteiger partial charge in [-0.3, -0.25) is 0 Å². The molecule has 0 unspecified atom stereocenters. The maximum atomic E-state index is 4.35. The molecule has 3 nitrogen and oxygen atoms in total. The molecule has 1 heterocycles. The Kier molecular flexibility index (Phi) is 3.93. The summed E-state index contributed by atoms with van der Waals surface area (Å²) >= 11 is 0. The first-order valence-electron chi connectivity index (χ1n) is 6.89. The van der Waals surface area contributed by atoms with Gasteiger partial charge < -0.3 is 9.88 Å². The highest BCUT2D eigenvalue weighted by molar-refractivity contribution is 5.54. The predicted octanol–water partition coefficient (Wildman–Crippen LogP) is 4.33.